The second-order valence-electron chi connectivity index (χ2n) is 5.08. The number of rotatable bonds is 11. The van der Waals surface area contributed by atoms with Crippen LogP contribution >= 0.6 is 35.6 Å². The van der Waals surface area contributed by atoms with E-state index in [1.165, 1.54) is 0 Å². The Kier molecular flexibility index (Phi) is 13.2. The molecule has 0 N–H and O–H groups in total. The van der Waals surface area contributed by atoms with Crippen LogP contribution in [0.3, 0.4) is 0 Å². The highest BCUT2D eigenvalue weighted by atomic mass is 35.5. The lowest BCUT2D eigenvalue weighted by molar-refractivity contribution is 0.0466. The van der Waals surface area contributed by atoms with Crippen LogP contribution < -0.4 is 4.90 Å². The molecular formula is C17H27Cl3N2O2. The van der Waals surface area contributed by atoms with E-state index < -0.39 is 0 Å². The summed E-state index contributed by atoms with van der Waals surface area (Å²) < 4.78 is 5.37. The van der Waals surface area contributed by atoms with Crippen molar-refractivity contribution < 1.29 is 9.53 Å². The fourth-order valence-corrected chi connectivity index (χ4v) is 2.70. The van der Waals surface area contributed by atoms with Crippen LogP contribution in [0.25, 0.3) is 0 Å². The molecule has 0 fully saturated rings. The number of hydrogen-bond donors (Lipinski definition) is 0. The van der Waals surface area contributed by atoms with E-state index >= 15 is 0 Å². The Morgan fingerprint density at radius 2 is 1.71 bits per heavy atom. The van der Waals surface area contributed by atoms with Crippen LogP contribution in [0.15, 0.2) is 24.3 Å². The number of halogens is 3. The predicted molar refractivity (Wildman–Crippen MR) is 105 cm³/mol. The first-order chi connectivity index (χ1) is 11.2. The molecule has 7 heteroatoms. The number of alkyl halides is 2. The van der Waals surface area contributed by atoms with Crippen molar-refractivity contribution in [1.29, 1.82) is 0 Å². The molecule has 0 atom stereocenters. The van der Waals surface area contributed by atoms with Crippen LogP contribution in [0.1, 0.15) is 24.2 Å². The highest BCUT2D eigenvalue weighted by Gasteiger charge is 2.11. The zero-order chi connectivity index (χ0) is 17.1. The Labute approximate surface area is 161 Å². The second-order valence-corrected chi connectivity index (χ2v) is 5.83. The van der Waals surface area contributed by atoms with Gasteiger partial charge in [0.2, 0.25) is 0 Å². The van der Waals surface area contributed by atoms with Gasteiger partial charge in [-0.3, -0.25) is 0 Å². The molecule has 0 amide bonds. The summed E-state index contributed by atoms with van der Waals surface area (Å²) in [4.78, 5) is 16.5. The number of anilines is 1. The first kappa shape index (κ1) is 23.3. The van der Waals surface area contributed by atoms with Crippen LogP contribution in [0, 0.1) is 0 Å². The molecule has 0 spiro atoms. The minimum atomic E-state index is -0.296. The minimum Gasteiger partial charge on any atom is -0.461 e. The van der Waals surface area contributed by atoms with Gasteiger partial charge in [0.1, 0.15) is 6.61 Å². The SMILES string of the molecule is CCN(CC)CCOC(=O)c1cccc(N(CCCl)CCCl)c1.Cl. The van der Waals surface area contributed by atoms with Crippen molar-refractivity contribution in [3.05, 3.63) is 29.8 Å². The van der Waals surface area contributed by atoms with Gasteiger partial charge in [0.15, 0.2) is 0 Å². The van der Waals surface area contributed by atoms with Gasteiger partial charge in [-0.25, -0.2) is 4.79 Å². The van der Waals surface area contributed by atoms with Crippen LogP contribution in [-0.4, -0.2) is 62.0 Å². The average molecular weight is 398 g/mol. The van der Waals surface area contributed by atoms with Crippen LogP contribution in [0.4, 0.5) is 5.69 Å². The molecule has 138 valence electrons. The molecule has 0 aromatic heterocycles. The second kappa shape index (κ2) is 13.6. The van der Waals surface area contributed by atoms with Crippen molar-refractivity contribution in [3.8, 4) is 0 Å². The zero-order valence-corrected chi connectivity index (χ0v) is 16.7. The maximum absolute atomic E-state index is 12.2. The smallest absolute Gasteiger partial charge is 0.338 e. The van der Waals surface area contributed by atoms with Crippen molar-refractivity contribution in [1.82, 2.24) is 4.90 Å². The fourth-order valence-electron chi connectivity index (χ4n) is 2.29. The molecule has 0 aliphatic rings. The number of benzene rings is 1. The quantitative estimate of drug-likeness (QED) is 0.419. The third-order valence-electron chi connectivity index (χ3n) is 3.69. The molecule has 1 rings (SSSR count). The summed E-state index contributed by atoms with van der Waals surface area (Å²) >= 11 is 11.7. The zero-order valence-electron chi connectivity index (χ0n) is 14.3. The number of esters is 1. The standard InChI is InChI=1S/C17H26Cl2N2O2.ClH/c1-3-20(4-2)12-13-23-17(22)15-6-5-7-16(14-15)21(10-8-18)11-9-19;/h5-7,14H,3-4,8-13H2,1-2H3;1H. The van der Waals surface area contributed by atoms with Gasteiger partial charge < -0.3 is 14.5 Å². The fraction of sp³-hybridized carbons (Fsp3) is 0.588. The maximum atomic E-state index is 12.2. The first-order valence-electron chi connectivity index (χ1n) is 8.02. The van der Waals surface area contributed by atoms with Gasteiger partial charge in [0, 0.05) is 37.1 Å². The van der Waals surface area contributed by atoms with Crippen molar-refractivity contribution in [3.63, 3.8) is 0 Å². The van der Waals surface area contributed by atoms with Crippen molar-refractivity contribution >= 4 is 47.3 Å². The molecule has 0 radical (unpaired) electrons. The highest BCUT2D eigenvalue weighted by Crippen LogP contribution is 2.17. The summed E-state index contributed by atoms with van der Waals surface area (Å²) in [7, 11) is 0. The molecule has 24 heavy (non-hydrogen) atoms. The molecule has 0 bridgehead atoms. The lowest BCUT2D eigenvalue weighted by Gasteiger charge is -2.23. The number of carbonyl (C=O) groups is 1. The van der Waals surface area contributed by atoms with Crippen LogP contribution in [0.2, 0.25) is 0 Å². The van der Waals surface area contributed by atoms with E-state index in [2.05, 4.69) is 23.6 Å². The summed E-state index contributed by atoms with van der Waals surface area (Å²) in [6.45, 7) is 8.63. The van der Waals surface area contributed by atoms with E-state index in [-0.39, 0.29) is 18.4 Å². The summed E-state index contributed by atoms with van der Waals surface area (Å²) in [5, 5.41) is 0. The Balaban J connectivity index is 0.00000529. The molecule has 0 saturated heterocycles. The van der Waals surface area contributed by atoms with Gasteiger partial charge in [0.05, 0.1) is 5.56 Å². The third kappa shape index (κ3) is 7.93. The first-order valence-corrected chi connectivity index (χ1v) is 9.09. The molecule has 1 aromatic carbocycles. The molecule has 0 saturated carbocycles. The summed E-state index contributed by atoms with van der Waals surface area (Å²) in [5.74, 6) is 0.723. The normalized spacial score (nSPS) is 10.4. The maximum Gasteiger partial charge on any atom is 0.338 e. The highest BCUT2D eigenvalue weighted by molar-refractivity contribution is 6.18. The molecule has 0 aliphatic heterocycles. The van der Waals surface area contributed by atoms with E-state index in [4.69, 9.17) is 27.9 Å². The summed E-state index contributed by atoms with van der Waals surface area (Å²) in [6.07, 6.45) is 0. The van der Waals surface area contributed by atoms with Crippen molar-refractivity contribution in [2.75, 3.05) is 56.0 Å². The number of hydrogen-bond acceptors (Lipinski definition) is 4. The molecule has 0 heterocycles. The molecule has 4 nitrogen and oxygen atoms in total. The van der Waals surface area contributed by atoms with E-state index in [1.54, 1.807) is 6.07 Å². The summed E-state index contributed by atoms with van der Waals surface area (Å²) in [6, 6.07) is 7.40. The lowest BCUT2D eigenvalue weighted by atomic mass is 10.2. The molecule has 1 aromatic rings. The number of likely N-dealkylation sites (N-methyl/N-ethyl adjacent to an activating group) is 1. The number of ether oxygens (including phenoxy) is 1. The van der Waals surface area contributed by atoms with Crippen molar-refractivity contribution in [2.45, 2.75) is 13.8 Å². The van der Waals surface area contributed by atoms with E-state index in [1.807, 2.05) is 18.2 Å². The Hall–Kier alpha value is -0.680. The Morgan fingerprint density at radius 1 is 1.08 bits per heavy atom. The minimum absolute atomic E-state index is 0. The van der Waals surface area contributed by atoms with Crippen molar-refractivity contribution in [2.24, 2.45) is 0 Å². The number of carbonyl (C=O) groups excluding carboxylic acids is 1. The van der Waals surface area contributed by atoms with E-state index in [0.717, 1.165) is 25.3 Å². The van der Waals surface area contributed by atoms with Gasteiger partial charge in [-0.05, 0) is 31.3 Å². The van der Waals surface area contributed by atoms with E-state index in [9.17, 15) is 4.79 Å². The molecule has 0 unspecified atom stereocenters. The largest absolute Gasteiger partial charge is 0.461 e. The molecular weight excluding hydrogens is 371 g/mol. The number of nitrogens with zero attached hydrogens (tertiary/aromatic N) is 2. The van der Waals surface area contributed by atoms with Gasteiger partial charge >= 0.3 is 5.97 Å². The van der Waals surface area contributed by atoms with Gasteiger partial charge in [-0.1, -0.05) is 19.9 Å². The van der Waals surface area contributed by atoms with Gasteiger partial charge in [-0.15, -0.1) is 35.6 Å². The van der Waals surface area contributed by atoms with Gasteiger partial charge in [0.25, 0.3) is 0 Å². The Morgan fingerprint density at radius 3 is 2.25 bits per heavy atom. The van der Waals surface area contributed by atoms with Crippen LogP contribution in [0.5, 0.6) is 0 Å². The lowest BCUT2D eigenvalue weighted by Crippen LogP contribution is -2.28. The topological polar surface area (TPSA) is 32.8 Å². The molecule has 0 aliphatic carbocycles. The predicted octanol–water partition coefficient (Wildman–Crippen LogP) is 3.89. The third-order valence-corrected chi connectivity index (χ3v) is 4.03. The van der Waals surface area contributed by atoms with E-state index in [0.29, 0.717) is 37.0 Å². The average Bonchev–Trinajstić information content (AvgIpc) is 2.58. The summed E-state index contributed by atoms with van der Waals surface area (Å²) in [5.41, 5.74) is 1.49. The van der Waals surface area contributed by atoms with Gasteiger partial charge in [-0.2, -0.15) is 0 Å². The monoisotopic (exact) mass is 396 g/mol. The van der Waals surface area contributed by atoms with Crippen LogP contribution in [-0.2, 0) is 4.74 Å². The Bertz CT molecular complexity index is 465.